The van der Waals surface area contributed by atoms with Gasteiger partial charge in [0.1, 0.15) is 0 Å². The Hall–Kier alpha value is -0.810. The van der Waals surface area contributed by atoms with E-state index in [2.05, 4.69) is 26.1 Å². The average Bonchev–Trinajstić information content (AvgIpc) is 2.96. The normalized spacial score (nSPS) is 28.3. The van der Waals surface area contributed by atoms with Crippen molar-refractivity contribution in [3.8, 4) is 0 Å². The van der Waals surface area contributed by atoms with Crippen molar-refractivity contribution < 1.29 is 9.21 Å². The zero-order valence-corrected chi connectivity index (χ0v) is 11.1. The first-order chi connectivity index (χ1) is 8.25. The number of amides is 1. The first kappa shape index (κ1) is 11.3. The summed E-state index contributed by atoms with van der Waals surface area (Å²) in [6, 6.07) is 2.54. The highest BCUT2D eigenvalue weighted by Gasteiger charge is 2.38. The van der Waals surface area contributed by atoms with Gasteiger partial charge in [-0.2, -0.15) is 0 Å². The van der Waals surface area contributed by atoms with Gasteiger partial charge in [0.2, 0.25) is 0 Å². The average molecular weight is 299 g/mol. The van der Waals surface area contributed by atoms with Crippen LogP contribution in [0.1, 0.15) is 29.6 Å². The van der Waals surface area contributed by atoms with Crippen LogP contribution in [-0.2, 0) is 0 Å². The lowest BCUT2D eigenvalue weighted by Crippen LogP contribution is -2.42. The maximum absolute atomic E-state index is 12.1. The molecule has 2 saturated heterocycles. The van der Waals surface area contributed by atoms with Crippen molar-refractivity contribution in [2.24, 2.45) is 0 Å². The van der Waals surface area contributed by atoms with Crippen LogP contribution in [0.4, 0.5) is 0 Å². The molecule has 0 aliphatic carbocycles. The minimum Gasteiger partial charge on any atom is -0.457 e. The number of halogens is 1. The SMILES string of the molecule is O=C(NC1CCN2CCCC12)c1ccoc1Br. The van der Waals surface area contributed by atoms with Gasteiger partial charge in [-0.15, -0.1) is 0 Å². The zero-order chi connectivity index (χ0) is 11.8. The molecule has 2 unspecified atom stereocenters. The molecule has 0 spiro atoms. The Morgan fingerprint density at radius 3 is 3.12 bits per heavy atom. The summed E-state index contributed by atoms with van der Waals surface area (Å²) in [6.07, 6.45) is 5.05. The molecule has 1 amide bonds. The van der Waals surface area contributed by atoms with Crippen LogP contribution in [0.5, 0.6) is 0 Å². The molecule has 0 saturated carbocycles. The van der Waals surface area contributed by atoms with Crippen molar-refractivity contribution in [3.63, 3.8) is 0 Å². The van der Waals surface area contributed by atoms with Crippen LogP contribution in [0.15, 0.2) is 21.4 Å². The molecule has 17 heavy (non-hydrogen) atoms. The molecule has 92 valence electrons. The largest absolute Gasteiger partial charge is 0.457 e. The van der Waals surface area contributed by atoms with Gasteiger partial charge < -0.3 is 9.73 Å². The maximum Gasteiger partial charge on any atom is 0.256 e. The molecule has 2 aliphatic heterocycles. The lowest BCUT2D eigenvalue weighted by molar-refractivity contribution is 0.0928. The summed E-state index contributed by atoms with van der Waals surface area (Å²) in [5.74, 6) is -0.0376. The van der Waals surface area contributed by atoms with Gasteiger partial charge in [0.15, 0.2) is 4.67 Å². The van der Waals surface area contributed by atoms with Gasteiger partial charge in [0.05, 0.1) is 11.8 Å². The summed E-state index contributed by atoms with van der Waals surface area (Å²) in [6.45, 7) is 2.30. The molecule has 0 aromatic carbocycles. The first-order valence-corrected chi connectivity index (χ1v) is 6.83. The highest BCUT2D eigenvalue weighted by Crippen LogP contribution is 2.28. The highest BCUT2D eigenvalue weighted by molar-refractivity contribution is 9.10. The molecule has 0 radical (unpaired) electrons. The Labute approximate surface area is 108 Å². The first-order valence-electron chi connectivity index (χ1n) is 6.03. The number of nitrogens with zero attached hydrogens (tertiary/aromatic N) is 1. The van der Waals surface area contributed by atoms with Crippen LogP contribution in [0.2, 0.25) is 0 Å². The molecule has 3 rings (SSSR count). The van der Waals surface area contributed by atoms with E-state index in [1.54, 1.807) is 6.07 Å². The van der Waals surface area contributed by atoms with E-state index in [4.69, 9.17) is 4.42 Å². The fourth-order valence-electron chi connectivity index (χ4n) is 2.95. The molecular formula is C12H15BrN2O2. The lowest BCUT2D eigenvalue weighted by Gasteiger charge is -2.20. The quantitative estimate of drug-likeness (QED) is 0.908. The lowest BCUT2D eigenvalue weighted by atomic mass is 10.1. The molecule has 0 bridgehead atoms. The molecular weight excluding hydrogens is 284 g/mol. The van der Waals surface area contributed by atoms with E-state index in [1.165, 1.54) is 25.6 Å². The molecule has 3 heterocycles. The monoisotopic (exact) mass is 298 g/mol. The number of carbonyl (C=O) groups is 1. The summed E-state index contributed by atoms with van der Waals surface area (Å²) >= 11 is 3.23. The third-order valence-electron chi connectivity index (χ3n) is 3.79. The highest BCUT2D eigenvalue weighted by atomic mass is 79.9. The number of nitrogens with one attached hydrogen (secondary N) is 1. The van der Waals surface area contributed by atoms with Gasteiger partial charge in [0, 0.05) is 18.6 Å². The van der Waals surface area contributed by atoms with E-state index >= 15 is 0 Å². The van der Waals surface area contributed by atoms with Gasteiger partial charge in [0.25, 0.3) is 5.91 Å². The molecule has 4 nitrogen and oxygen atoms in total. The van der Waals surface area contributed by atoms with E-state index < -0.39 is 0 Å². The Morgan fingerprint density at radius 1 is 1.47 bits per heavy atom. The third-order valence-corrected chi connectivity index (χ3v) is 4.40. The Morgan fingerprint density at radius 2 is 2.35 bits per heavy atom. The summed E-state index contributed by atoms with van der Waals surface area (Å²) < 4.78 is 5.59. The second-order valence-corrected chi connectivity index (χ2v) is 5.44. The number of carbonyl (C=O) groups excluding carboxylic acids is 1. The van der Waals surface area contributed by atoms with E-state index in [0.717, 1.165) is 13.0 Å². The molecule has 1 aromatic rings. The minimum atomic E-state index is -0.0376. The zero-order valence-electron chi connectivity index (χ0n) is 9.49. The number of rotatable bonds is 2. The number of furan rings is 1. The second kappa shape index (κ2) is 4.46. The van der Waals surface area contributed by atoms with E-state index in [9.17, 15) is 4.79 Å². The van der Waals surface area contributed by atoms with Gasteiger partial charge >= 0.3 is 0 Å². The maximum atomic E-state index is 12.1. The smallest absolute Gasteiger partial charge is 0.256 e. The van der Waals surface area contributed by atoms with Crippen LogP contribution in [0, 0.1) is 0 Å². The van der Waals surface area contributed by atoms with Crippen LogP contribution >= 0.6 is 15.9 Å². The van der Waals surface area contributed by atoms with Gasteiger partial charge in [-0.05, 0) is 47.8 Å². The van der Waals surface area contributed by atoms with Gasteiger partial charge in [-0.25, -0.2) is 0 Å². The molecule has 2 aliphatic rings. The number of fused-ring (bicyclic) bond motifs is 1. The summed E-state index contributed by atoms with van der Waals surface area (Å²) in [5, 5.41) is 3.12. The summed E-state index contributed by atoms with van der Waals surface area (Å²) in [7, 11) is 0. The number of hydrogen-bond donors (Lipinski definition) is 1. The van der Waals surface area contributed by atoms with Crippen LogP contribution in [-0.4, -0.2) is 36.0 Å². The van der Waals surface area contributed by atoms with E-state index in [-0.39, 0.29) is 5.91 Å². The predicted molar refractivity (Wildman–Crippen MR) is 66.9 cm³/mol. The van der Waals surface area contributed by atoms with Crippen LogP contribution < -0.4 is 5.32 Å². The molecule has 2 fully saturated rings. The topological polar surface area (TPSA) is 45.5 Å². The molecule has 5 heteroatoms. The predicted octanol–water partition coefficient (Wildman–Crippen LogP) is 2.01. The Bertz CT molecular complexity index is 432. The fourth-order valence-corrected chi connectivity index (χ4v) is 3.37. The second-order valence-electron chi connectivity index (χ2n) is 4.72. The van der Waals surface area contributed by atoms with E-state index in [1.807, 2.05) is 0 Å². The van der Waals surface area contributed by atoms with Crippen LogP contribution in [0.3, 0.4) is 0 Å². The van der Waals surface area contributed by atoms with Crippen molar-refractivity contribution in [1.82, 2.24) is 10.2 Å². The third kappa shape index (κ3) is 2.02. The fraction of sp³-hybridized carbons (Fsp3) is 0.583. The van der Waals surface area contributed by atoms with E-state index in [0.29, 0.717) is 22.3 Å². The van der Waals surface area contributed by atoms with Crippen LogP contribution in [0.25, 0.3) is 0 Å². The van der Waals surface area contributed by atoms with Crippen molar-refractivity contribution in [3.05, 3.63) is 22.6 Å². The number of hydrogen-bond acceptors (Lipinski definition) is 3. The standard InChI is InChI=1S/C12H15BrN2O2/c13-11-8(4-7-17-11)12(16)14-9-3-6-15-5-1-2-10(9)15/h4,7,9-10H,1-3,5-6H2,(H,14,16). The molecule has 1 N–H and O–H groups in total. The minimum absolute atomic E-state index is 0.0376. The summed E-state index contributed by atoms with van der Waals surface area (Å²) in [4.78, 5) is 14.5. The Kier molecular flexibility index (Phi) is 2.96. The van der Waals surface area contributed by atoms with Crippen molar-refractivity contribution in [1.29, 1.82) is 0 Å². The van der Waals surface area contributed by atoms with Crippen molar-refractivity contribution in [2.45, 2.75) is 31.3 Å². The summed E-state index contributed by atoms with van der Waals surface area (Å²) in [5.41, 5.74) is 0.585. The van der Waals surface area contributed by atoms with Crippen molar-refractivity contribution in [2.75, 3.05) is 13.1 Å². The van der Waals surface area contributed by atoms with Gasteiger partial charge in [-0.1, -0.05) is 0 Å². The van der Waals surface area contributed by atoms with Gasteiger partial charge in [-0.3, -0.25) is 9.69 Å². The Balaban J connectivity index is 1.68. The van der Waals surface area contributed by atoms with Crippen molar-refractivity contribution >= 4 is 21.8 Å². The molecule has 1 aromatic heterocycles. The molecule has 2 atom stereocenters.